The van der Waals surface area contributed by atoms with Gasteiger partial charge in [0.2, 0.25) is 0 Å². The number of aliphatic imine (C=N–C) groups is 1. The van der Waals surface area contributed by atoms with Crippen molar-refractivity contribution >= 4 is 35.6 Å². The Hall–Kier alpha value is -2.56. The van der Waals surface area contributed by atoms with Gasteiger partial charge >= 0.3 is 0 Å². The molecular weight excluding hydrogens is 535 g/mol. The van der Waals surface area contributed by atoms with Crippen molar-refractivity contribution in [2.45, 2.75) is 6.42 Å². The number of hydrogen-bond acceptors (Lipinski definition) is 6. The highest BCUT2D eigenvalue weighted by Gasteiger charge is 2.22. The molecule has 1 fully saturated rings. The van der Waals surface area contributed by atoms with Gasteiger partial charge in [0.1, 0.15) is 23.0 Å². The Morgan fingerprint density at radius 1 is 0.879 bits per heavy atom. The molecule has 1 saturated heterocycles. The fourth-order valence-corrected chi connectivity index (χ4v) is 4.01. The van der Waals surface area contributed by atoms with Crippen molar-refractivity contribution < 1.29 is 18.9 Å². The third kappa shape index (κ3) is 6.49. The highest BCUT2D eigenvalue weighted by Crippen LogP contribution is 2.34. The van der Waals surface area contributed by atoms with E-state index < -0.39 is 0 Å². The first-order valence-corrected chi connectivity index (χ1v) is 10.8. The lowest BCUT2D eigenvalue weighted by molar-refractivity contribution is 0.363. The van der Waals surface area contributed by atoms with Crippen LogP contribution in [0.25, 0.3) is 0 Å². The maximum Gasteiger partial charge on any atom is 0.193 e. The molecule has 0 bridgehead atoms. The molecule has 8 nitrogen and oxygen atoms in total. The summed E-state index contributed by atoms with van der Waals surface area (Å²) in [5.41, 5.74) is 2.14. The Labute approximate surface area is 213 Å². The number of para-hydroxylation sites is 2. The van der Waals surface area contributed by atoms with Crippen LogP contribution in [0.3, 0.4) is 0 Å². The van der Waals surface area contributed by atoms with Crippen LogP contribution in [-0.4, -0.2) is 79.1 Å². The first-order valence-electron chi connectivity index (χ1n) is 10.8. The van der Waals surface area contributed by atoms with Crippen molar-refractivity contribution in [3.05, 3.63) is 42.0 Å². The fourth-order valence-electron chi connectivity index (χ4n) is 4.01. The van der Waals surface area contributed by atoms with Crippen molar-refractivity contribution in [2.75, 3.05) is 73.1 Å². The van der Waals surface area contributed by atoms with Gasteiger partial charge in [-0.2, -0.15) is 0 Å². The number of nitrogens with one attached hydrogen (secondary N) is 1. The molecule has 0 amide bonds. The number of nitrogens with zero attached hydrogens (tertiary/aromatic N) is 3. The van der Waals surface area contributed by atoms with E-state index in [1.807, 2.05) is 37.4 Å². The van der Waals surface area contributed by atoms with Gasteiger partial charge in [-0.15, -0.1) is 24.0 Å². The average molecular weight is 570 g/mol. The second kappa shape index (κ2) is 13.2. The largest absolute Gasteiger partial charge is 0.496 e. The normalized spacial score (nSPS) is 13.8. The van der Waals surface area contributed by atoms with Gasteiger partial charge in [-0.1, -0.05) is 12.1 Å². The lowest BCUT2D eigenvalue weighted by Crippen LogP contribution is -2.52. The average Bonchev–Trinajstić information content (AvgIpc) is 2.86. The zero-order valence-corrected chi connectivity index (χ0v) is 22.4. The Kier molecular flexibility index (Phi) is 10.7. The van der Waals surface area contributed by atoms with Gasteiger partial charge in [0.25, 0.3) is 0 Å². The molecule has 2 aromatic carbocycles. The number of guanidine groups is 1. The summed E-state index contributed by atoms with van der Waals surface area (Å²) in [6, 6.07) is 11.9. The van der Waals surface area contributed by atoms with Crippen LogP contribution in [0.1, 0.15) is 5.56 Å². The lowest BCUT2D eigenvalue weighted by Gasteiger charge is -2.38. The number of hydrogen-bond donors (Lipinski definition) is 1. The van der Waals surface area contributed by atoms with Crippen molar-refractivity contribution in [3.8, 4) is 23.0 Å². The van der Waals surface area contributed by atoms with E-state index in [9.17, 15) is 0 Å². The Bertz CT molecular complexity index is 892. The smallest absolute Gasteiger partial charge is 0.193 e. The summed E-state index contributed by atoms with van der Waals surface area (Å²) in [6.07, 6.45) is 0.733. The molecule has 1 aliphatic rings. The number of anilines is 1. The highest BCUT2D eigenvalue weighted by atomic mass is 127. The Balaban J connectivity index is 0.00000385. The van der Waals surface area contributed by atoms with E-state index in [-0.39, 0.29) is 24.0 Å². The van der Waals surface area contributed by atoms with Gasteiger partial charge in [-0.3, -0.25) is 4.99 Å². The number of methoxy groups -OCH3 is 4. The molecule has 0 atom stereocenters. The van der Waals surface area contributed by atoms with Crippen LogP contribution in [0.15, 0.2) is 41.4 Å². The maximum absolute atomic E-state index is 5.56. The number of halogens is 1. The van der Waals surface area contributed by atoms with Gasteiger partial charge in [-0.25, -0.2) is 0 Å². The summed E-state index contributed by atoms with van der Waals surface area (Å²) in [4.78, 5) is 9.14. The number of benzene rings is 2. The minimum Gasteiger partial charge on any atom is -0.496 e. The van der Waals surface area contributed by atoms with Crippen molar-refractivity contribution in [1.29, 1.82) is 0 Å². The third-order valence-corrected chi connectivity index (χ3v) is 5.69. The molecule has 0 spiro atoms. The Morgan fingerprint density at radius 3 is 2.03 bits per heavy atom. The van der Waals surface area contributed by atoms with Crippen molar-refractivity contribution in [1.82, 2.24) is 10.2 Å². The van der Waals surface area contributed by atoms with Gasteiger partial charge in [0.05, 0.1) is 34.1 Å². The van der Waals surface area contributed by atoms with E-state index in [1.165, 1.54) is 0 Å². The predicted octanol–water partition coefficient (Wildman–Crippen LogP) is 3.28. The zero-order chi connectivity index (χ0) is 22.9. The van der Waals surface area contributed by atoms with E-state index in [1.54, 1.807) is 28.4 Å². The molecule has 2 aromatic rings. The molecule has 182 valence electrons. The summed E-state index contributed by atoms with van der Waals surface area (Å²) in [5.74, 6) is 4.02. The molecule has 1 heterocycles. The lowest BCUT2D eigenvalue weighted by atomic mass is 10.1. The van der Waals surface area contributed by atoms with E-state index in [4.69, 9.17) is 18.9 Å². The zero-order valence-electron chi connectivity index (χ0n) is 20.1. The minimum absolute atomic E-state index is 0. The van der Waals surface area contributed by atoms with E-state index in [0.717, 1.165) is 67.1 Å². The van der Waals surface area contributed by atoms with E-state index in [2.05, 4.69) is 26.2 Å². The second-order valence-electron chi connectivity index (χ2n) is 7.38. The minimum atomic E-state index is 0. The molecule has 1 aliphatic heterocycles. The summed E-state index contributed by atoms with van der Waals surface area (Å²) in [5, 5.41) is 3.49. The molecule has 1 N–H and O–H groups in total. The fraction of sp³-hybridized carbons (Fsp3) is 0.458. The molecule has 0 unspecified atom stereocenters. The number of piperazine rings is 1. The molecule has 3 rings (SSSR count). The number of ether oxygens (including phenoxy) is 4. The Morgan fingerprint density at radius 2 is 1.48 bits per heavy atom. The van der Waals surface area contributed by atoms with Crippen LogP contribution in [0.5, 0.6) is 23.0 Å². The number of rotatable bonds is 8. The first-order chi connectivity index (χ1) is 15.6. The van der Waals surface area contributed by atoms with Crippen LogP contribution in [-0.2, 0) is 6.42 Å². The topological polar surface area (TPSA) is 67.8 Å². The van der Waals surface area contributed by atoms with Crippen LogP contribution in [0.2, 0.25) is 0 Å². The van der Waals surface area contributed by atoms with Gasteiger partial charge in [-0.05, 0) is 18.6 Å². The van der Waals surface area contributed by atoms with Crippen molar-refractivity contribution in [3.63, 3.8) is 0 Å². The third-order valence-electron chi connectivity index (χ3n) is 5.69. The van der Waals surface area contributed by atoms with E-state index in [0.29, 0.717) is 12.3 Å². The second-order valence-corrected chi connectivity index (χ2v) is 7.38. The molecule has 33 heavy (non-hydrogen) atoms. The van der Waals surface area contributed by atoms with Gasteiger partial charge in [0, 0.05) is 57.5 Å². The monoisotopic (exact) mass is 570 g/mol. The van der Waals surface area contributed by atoms with E-state index >= 15 is 0 Å². The summed E-state index contributed by atoms with van der Waals surface area (Å²) in [7, 11) is 8.49. The molecule has 0 aliphatic carbocycles. The molecule has 0 aromatic heterocycles. The van der Waals surface area contributed by atoms with Gasteiger partial charge in [0.15, 0.2) is 5.96 Å². The van der Waals surface area contributed by atoms with Crippen LogP contribution >= 0.6 is 24.0 Å². The molecule has 0 radical (unpaired) electrons. The van der Waals surface area contributed by atoms with Crippen LogP contribution < -0.4 is 29.2 Å². The molecule has 9 heteroatoms. The standard InChI is InChI=1S/C24H34N4O4.HI/c1-25-24(26-11-10-19-22(31-4)16-18(29-2)17-23(19)32-5)28-14-12-27(13-15-28)20-8-6-7-9-21(20)30-3;/h6-9,16-17H,10-15H2,1-5H3,(H,25,26);1H. The maximum atomic E-state index is 5.56. The van der Waals surface area contributed by atoms with Gasteiger partial charge < -0.3 is 34.1 Å². The predicted molar refractivity (Wildman–Crippen MR) is 143 cm³/mol. The molecular formula is C24H35IN4O4. The van der Waals surface area contributed by atoms with Crippen molar-refractivity contribution in [2.24, 2.45) is 4.99 Å². The molecule has 0 saturated carbocycles. The summed E-state index contributed by atoms with van der Waals surface area (Å²) in [6.45, 7) is 4.28. The quantitative estimate of drug-likeness (QED) is 0.297. The summed E-state index contributed by atoms with van der Waals surface area (Å²) < 4.78 is 22.0. The highest BCUT2D eigenvalue weighted by molar-refractivity contribution is 14.0. The van der Waals surface area contributed by atoms with Crippen LogP contribution in [0.4, 0.5) is 5.69 Å². The first kappa shape index (κ1) is 26.7. The SMILES string of the molecule is CN=C(NCCc1c(OC)cc(OC)cc1OC)N1CCN(c2ccccc2OC)CC1.I. The summed E-state index contributed by atoms with van der Waals surface area (Å²) >= 11 is 0. The van der Waals surface area contributed by atoms with Crippen LogP contribution in [0, 0.1) is 0 Å².